The summed E-state index contributed by atoms with van der Waals surface area (Å²) >= 11 is 1.57. The Morgan fingerprint density at radius 1 is 1.39 bits per heavy atom. The van der Waals surface area contributed by atoms with Crippen LogP contribution in [0.5, 0.6) is 0 Å². The average molecular weight is 453 g/mol. The number of carboxylic acid groups (broad SMARTS) is 1. The Morgan fingerprint density at radius 3 is 2.68 bits per heavy atom. The smallest absolute Gasteiger partial charge is 0.308 e. The first-order valence-corrected chi connectivity index (χ1v) is 12.3. The van der Waals surface area contributed by atoms with Crippen LogP contribution in [0, 0.1) is 11.8 Å². The van der Waals surface area contributed by atoms with Gasteiger partial charge in [0.2, 0.25) is 11.8 Å². The highest BCUT2D eigenvalue weighted by atomic mass is 32.2. The van der Waals surface area contributed by atoms with Gasteiger partial charge in [0.15, 0.2) is 0 Å². The number of thioether (sulfide) groups is 1. The van der Waals surface area contributed by atoms with Crippen LogP contribution in [-0.2, 0) is 14.4 Å². The number of hydrogen-bond donors (Lipinski definition) is 2. The molecule has 174 valence electrons. The van der Waals surface area contributed by atoms with E-state index in [4.69, 9.17) is 0 Å². The molecule has 0 aromatic heterocycles. The summed E-state index contributed by atoms with van der Waals surface area (Å²) in [5.41, 5.74) is 0. The van der Waals surface area contributed by atoms with Crippen molar-refractivity contribution in [3.8, 4) is 0 Å². The molecule has 2 bridgehead atoms. The third-order valence-electron chi connectivity index (χ3n) is 7.43. The van der Waals surface area contributed by atoms with E-state index in [9.17, 15) is 24.6 Å². The van der Waals surface area contributed by atoms with Gasteiger partial charge in [-0.25, -0.2) is 0 Å². The van der Waals surface area contributed by atoms with Crippen molar-refractivity contribution in [1.82, 2.24) is 9.80 Å². The van der Waals surface area contributed by atoms with E-state index in [1.54, 1.807) is 22.7 Å². The summed E-state index contributed by atoms with van der Waals surface area (Å²) in [6.07, 6.45) is 5.99. The van der Waals surface area contributed by atoms with Crippen molar-refractivity contribution in [3.63, 3.8) is 0 Å². The molecule has 2 N–H and O–H groups in total. The number of rotatable bonds is 11. The second kappa shape index (κ2) is 9.14. The Balaban J connectivity index is 2.03. The number of aliphatic carboxylic acids is 1. The van der Waals surface area contributed by atoms with E-state index >= 15 is 0 Å². The van der Waals surface area contributed by atoms with Crippen molar-refractivity contribution in [2.45, 2.75) is 80.9 Å². The molecule has 8 heteroatoms. The van der Waals surface area contributed by atoms with Crippen molar-refractivity contribution < 1.29 is 24.6 Å². The quantitative estimate of drug-likeness (QED) is 0.369. The minimum Gasteiger partial charge on any atom is -0.481 e. The molecule has 3 rings (SSSR count). The van der Waals surface area contributed by atoms with E-state index in [0.29, 0.717) is 38.8 Å². The van der Waals surface area contributed by atoms with Gasteiger partial charge in [-0.3, -0.25) is 14.4 Å². The monoisotopic (exact) mass is 452 g/mol. The molecular weight excluding hydrogens is 416 g/mol. The number of fused-ring (bicyclic) bond motifs is 1. The standard InChI is InChI=1S/C23H36N2O5S/c1-5-9-15(3)24(12-6-2)20(28)18-23-11-10-22(4,31-23)17(21(29)30)16(23)19(27)25(18)13-7-8-14-26/h6,15-18,26H,2,5,7-14H2,1,3-4H3,(H,29,30)/t15?,16-,17+,18?,22-,23?/m0/s1. The molecule has 31 heavy (non-hydrogen) atoms. The van der Waals surface area contributed by atoms with Gasteiger partial charge in [-0.1, -0.05) is 19.4 Å². The van der Waals surface area contributed by atoms with Crippen LogP contribution < -0.4 is 0 Å². The van der Waals surface area contributed by atoms with Crippen LogP contribution in [0.1, 0.15) is 59.3 Å². The van der Waals surface area contributed by atoms with Crippen LogP contribution in [0.3, 0.4) is 0 Å². The highest BCUT2D eigenvalue weighted by Gasteiger charge is 2.77. The maximum atomic E-state index is 14.0. The van der Waals surface area contributed by atoms with E-state index in [1.165, 1.54) is 0 Å². The predicted molar refractivity (Wildman–Crippen MR) is 121 cm³/mol. The first kappa shape index (κ1) is 24.1. The van der Waals surface area contributed by atoms with Crippen LogP contribution in [0.25, 0.3) is 0 Å². The van der Waals surface area contributed by atoms with Crippen LogP contribution in [0.4, 0.5) is 0 Å². The number of nitrogens with zero attached hydrogens (tertiary/aromatic N) is 2. The second-order valence-corrected chi connectivity index (χ2v) is 11.3. The number of unbranched alkanes of at least 4 members (excludes halogenated alkanes) is 1. The predicted octanol–water partition coefficient (Wildman–Crippen LogP) is 2.53. The number of likely N-dealkylation sites (tertiary alicyclic amines) is 1. The number of carbonyl (C=O) groups is 3. The number of amides is 2. The third kappa shape index (κ3) is 3.80. The zero-order valence-electron chi connectivity index (χ0n) is 18.9. The molecule has 6 atom stereocenters. The molecule has 3 saturated heterocycles. The van der Waals surface area contributed by atoms with Gasteiger partial charge < -0.3 is 20.0 Å². The van der Waals surface area contributed by atoms with Gasteiger partial charge in [0, 0.05) is 30.5 Å². The SMILES string of the molecule is C=CCN(C(=O)C1N(CCCCO)C(=O)[C@@H]2[C@H](C(=O)O)[C@]3(C)CCC12S3)C(C)CCC. The van der Waals surface area contributed by atoms with Crippen LogP contribution in [-0.4, -0.2) is 79.1 Å². The van der Waals surface area contributed by atoms with Crippen LogP contribution in [0.2, 0.25) is 0 Å². The summed E-state index contributed by atoms with van der Waals surface area (Å²) in [7, 11) is 0. The van der Waals surface area contributed by atoms with E-state index in [2.05, 4.69) is 13.5 Å². The fraction of sp³-hybridized carbons (Fsp3) is 0.783. The first-order valence-electron chi connectivity index (χ1n) is 11.4. The normalized spacial score (nSPS) is 34.6. The van der Waals surface area contributed by atoms with E-state index < -0.39 is 33.3 Å². The van der Waals surface area contributed by atoms with Crippen molar-refractivity contribution >= 4 is 29.5 Å². The molecule has 3 unspecified atom stereocenters. The lowest BCUT2D eigenvalue weighted by molar-refractivity contribution is -0.150. The molecule has 0 aromatic rings. The molecule has 2 amide bonds. The van der Waals surface area contributed by atoms with Crippen molar-refractivity contribution in [2.75, 3.05) is 19.7 Å². The van der Waals surface area contributed by atoms with Gasteiger partial charge in [-0.2, -0.15) is 0 Å². The summed E-state index contributed by atoms with van der Waals surface area (Å²) in [4.78, 5) is 43.3. The molecule has 7 nitrogen and oxygen atoms in total. The average Bonchev–Trinajstić information content (AvgIpc) is 3.27. The summed E-state index contributed by atoms with van der Waals surface area (Å²) < 4.78 is -1.23. The highest BCUT2D eigenvalue weighted by molar-refractivity contribution is 8.02. The Hall–Kier alpha value is -1.54. The Kier molecular flexibility index (Phi) is 7.11. The number of aliphatic hydroxyl groups excluding tert-OH is 1. The molecule has 1 spiro atoms. The number of carbonyl (C=O) groups excluding carboxylic acids is 2. The summed E-state index contributed by atoms with van der Waals surface area (Å²) in [5, 5.41) is 19.2. The molecule has 0 radical (unpaired) electrons. The molecule has 0 saturated carbocycles. The minimum absolute atomic E-state index is 0.00908. The Morgan fingerprint density at radius 2 is 2.10 bits per heavy atom. The molecular formula is C23H36N2O5S. The largest absolute Gasteiger partial charge is 0.481 e. The second-order valence-electron chi connectivity index (χ2n) is 9.45. The lowest BCUT2D eigenvalue weighted by atomic mass is 9.66. The van der Waals surface area contributed by atoms with Gasteiger partial charge in [0.1, 0.15) is 6.04 Å². The lowest BCUT2D eigenvalue weighted by Crippen LogP contribution is -2.56. The molecule has 3 aliphatic rings. The number of hydrogen-bond acceptors (Lipinski definition) is 5. The van der Waals surface area contributed by atoms with Gasteiger partial charge in [0.05, 0.1) is 16.6 Å². The molecule has 3 fully saturated rings. The minimum atomic E-state index is -0.944. The summed E-state index contributed by atoms with van der Waals surface area (Å²) in [6.45, 7) is 10.6. The Bertz CT molecular complexity index is 745. The third-order valence-corrected chi connectivity index (χ3v) is 9.42. The highest BCUT2D eigenvalue weighted by Crippen LogP contribution is 2.71. The number of aliphatic hydroxyl groups is 1. The van der Waals surface area contributed by atoms with E-state index in [-0.39, 0.29) is 24.5 Å². The molecule has 0 aliphatic carbocycles. The Labute approximate surface area is 189 Å². The van der Waals surface area contributed by atoms with Crippen molar-refractivity contribution in [2.24, 2.45) is 11.8 Å². The maximum Gasteiger partial charge on any atom is 0.308 e. The van der Waals surface area contributed by atoms with E-state index in [1.807, 2.05) is 18.7 Å². The van der Waals surface area contributed by atoms with Gasteiger partial charge in [-0.15, -0.1) is 18.3 Å². The summed E-state index contributed by atoms with van der Waals surface area (Å²) in [5.74, 6) is -2.70. The van der Waals surface area contributed by atoms with E-state index in [0.717, 1.165) is 12.8 Å². The molecule has 3 aliphatic heterocycles. The van der Waals surface area contributed by atoms with Gasteiger partial charge in [-0.05, 0) is 46.0 Å². The van der Waals surface area contributed by atoms with Crippen LogP contribution in [0.15, 0.2) is 12.7 Å². The topological polar surface area (TPSA) is 98.2 Å². The fourth-order valence-electron chi connectivity index (χ4n) is 6.07. The maximum absolute atomic E-state index is 14.0. The molecule has 3 heterocycles. The zero-order chi connectivity index (χ0) is 23.0. The zero-order valence-corrected chi connectivity index (χ0v) is 19.7. The summed E-state index contributed by atoms with van der Waals surface area (Å²) in [6, 6.07) is -0.658. The fourth-order valence-corrected chi connectivity index (χ4v) is 8.42. The van der Waals surface area contributed by atoms with Gasteiger partial charge in [0.25, 0.3) is 0 Å². The lowest BCUT2D eigenvalue weighted by Gasteiger charge is -2.39. The van der Waals surface area contributed by atoms with Gasteiger partial charge >= 0.3 is 5.97 Å². The van der Waals surface area contributed by atoms with Crippen molar-refractivity contribution in [1.29, 1.82) is 0 Å². The van der Waals surface area contributed by atoms with Crippen molar-refractivity contribution in [3.05, 3.63) is 12.7 Å². The number of carboxylic acids is 1. The van der Waals surface area contributed by atoms with Crippen LogP contribution >= 0.6 is 11.8 Å². The molecule has 0 aromatic carbocycles. The first-order chi connectivity index (χ1) is 14.7.